The second-order valence-corrected chi connectivity index (χ2v) is 5.07. The number of methoxy groups -OCH3 is 1. The number of carbonyl (C=O) groups excluding carboxylic acids is 1. The average molecular weight is 357 g/mol. The van der Waals surface area contributed by atoms with Gasteiger partial charge in [0.25, 0.3) is 0 Å². The normalized spacial score (nSPS) is 11.3. The summed E-state index contributed by atoms with van der Waals surface area (Å²) in [6, 6.07) is 5.97. The van der Waals surface area contributed by atoms with Gasteiger partial charge in [-0.2, -0.15) is 13.2 Å². The lowest BCUT2D eigenvalue weighted by Gasteiger charge is -2.13. The number of nitrogens with two attached hydrogens (primary N) is 1. The highest BCUT2D eigenvalue weighted by Crippen LogP contribution is 2.35. The van der Waals surface area contributed by atoms with Crippen molar-refractivity contribution in [3.05, 3.63) is 53.3 Å². The third-order valence-corrected chi connectivity index (χ3v) is 3.32. The van der Waals surface area contributed by atoms with Crippen LogP contribution in [0.15, 0.2) is 36.4 Å². The SMILES string of the molecule is COC(=O)c1cc(OCCN)cc(-c2cc(C(F)(F)F)ccc2F)c1. The van der Waals surface area contributed by atoms with E-state index in [9.17, 15) is 22.4 Å². The van der Waals surface area contributed by atoms with Gasteiger partial charge in [0, 0.05) is 12.1 Å². The van der Waals surface area contributed by atoms with Crippen molar-refractivity contribution in [1.29, 1.82) is 0 Å². The van der Waals surface area contributed by atoms with Gasteiger partial charge in [-0.05, 0) is 42.0 Å². The second kappa shape index (κ2) is 7.52. The van der Waals surface area contributed by atoms with E-state index in [1.807, 2.05) is 0 Å². The first-order valence-electron chi connectivity index (χ1n) is 7.19. The number of esters is 1. The Morgan fingerprint density at radius 2 is 1.88 bits per heavy atom. The van der Waals surface area contributed by atoms with Crippen molar-refractivity contribution in [2.24, 2.45) is 5.73 Å². The number of carbonyl (C=O) groups is 1. The maximum Gasteiger partial charge on any atom is 0.416 e. The highest BCUT2D eigenvalue weighted by atomic mass is 19.4. The van der Waals surface area contributed by atoms with E-state index < -0.39 is 23.5 Å². The third kappa shape index (κ3) is 4.48. The van der Waals surface area contributed by atoms with Gasteiger partial charge >= 0.3 is 12.1 Å². The van der Waals surface area contributed by atoms with Gasteiger partial charge in [-0.1, -0.05) is 0 Å². The molecule has 25 heavy (non-hydrogen) atoms. The fraction of sp³-hybridized carbons (Fsp3) is 0.235. The van der Waals surface area contributed by atoms with Crippen molar-refractivity contribution in [3.63, 3.8) is 0 Å². The fourth-order valence-corrected chi connectivity index (χ4v) is 2.17. The van der Waals surface area contributed by atoms with Crippen molar-refractivity contribution in [2.45, 2.75) is 6.18 Å². The molecule has 0 atom stereocenters. The van der Waals surface area contributed by atoms with Gasteiger partial charge in [-0.3, -0.25) is 0 Å². The zero-order chi connectivity index (χ0) is 18.6. The molecule has 0 amide bonds. The summed E-state index contributed by atoms with van der Waals surface area (Å²) in [5.74, 6) is -1.42. The largest absolute Gasteiger partial charge is 0.492 e. The van der Waals surface area contributed by atoms with Crippen LogP contribution in [0.1, 0.15) is 15.9 Å². The van der Waals surface area contributed by atoms with Gasteiger partial charge in [0.1, 0.15) is 18.2 Å². The van der Waals surface area contributed by atoms with E-state index in [-0.39, 0.29) is 35.6 Å². The maximum atomic E-state index is 14.1. The lowest BCUT2D eigenvalue weighted by molar-refractivity contribution is -0.137. The van der Waals surface area contributed by atoms with Crippen LogP contribution in [0, 0.1) is 5.82 Å². The van der Waals surface area contributed by atoms with E-state index in [0.29, 0.717) is 12.1 Å². The molecule has 0 radical (unpaired) electrons. The molecule has 0 aliphatic rings. The smallest absolute Gasteiger partial charge is 0.416 e. The average Bonchev–Trinajstić information content (AvgIpc) is 2.58. The Morgan fingerprint density at radius 1 is 1.16 bits per heavy atom. The first kappa shape index (κ1) is 18.7. The lowest BCUT2D eigenvalue weighted by Crippen LogP contribution is -2.11. The molecule has 2 aromatic carbocycles. The molecule has 134 valence electrons. The van der Waals surface area contributed by atoms with Crippen molar-refractivity contribution in [3.8, 4) is 16.9 Å². The Balaban J connectivity index is 2.59. The van der Waals surface area contributed by atoms with Gasteiger partial charge in [0.2, 0.25) is 0 Å². The van der Waals surface area contributed by atoms with E-state index in [1.54, 1.807) is 0 Å². The first-order valence-corrected chi connectivity index (χ1v) is 7.19. The van der Waals surface area contributed by atoms with Crippen LogP contribution < -0.4 is 10.5 Å². The second-order valence-electron chi connectivity index (χ2n) is 5.07. The predicted molar refractivity (Wildman–Crippen MR) is 82.7 cm³/mol. The van der Waals surface area contributed by atoms with Crippen molar-refractivity contribution < 1.29 is 31.8 Å². The molecule has 2 N–H and O–H groups in total. The number of hydrogen-bond donors (Lipinski definition) is 1. The summed E-state index contributed by atoms with van der Waals surface area (Å²) < 4.78 is 62.7. The summed E-state index contributed by atoms with van der Waals surface area (Å²) in [5.41, 5.74) is 4.10. The van der Waals surface area contributed by atoms with E-state index >= 15 is 0 Å². The predicted octanol–water partition coefficient (Wildman–Crippen LogP) is 3.64. The molecule has 0 aromatic heterocycles. The molecule has 2 rings (SSSR count). The van der Waals surface area contributed by atoms with E-state index in [0.717, 1.165) is 13.2 Å². The highest BCUT2D eigenvalue weighted by molar-refractivity contribution is 5.91. The van der Waals surface area contributed by atoms with Crippen LogP contribution in [0.3, 0.4) is 0 Å². The zero-order valence-electron chi connectivity index (χ0n) is 13.2. The van der Waals surface area contributed by atoms with Gasteiger partial charge < -0.3 is 15.2 Å². The van der Waals surface area contributed by atoms with Crippen LogP contribution in [-0.4, -0.2) is 26.2 Å². The summed E-state index contributed by atoms with van der Waals surface area (Å²) in [4.78, 5) is 11.8. The minimum Gasteiger partial charge on any atom is -0.492 e. The van der Waals surface area contributed by atoms with Crippen LogP contribution in [0.25, 0.3) is 11.1 Å². The number of ether oxygens (including phenoxy) is 2. The van der Waals surface area contributed by atoms with Crippen molar-refractivity contribution in [2.75, 3.05) is 20.3 Å². The summed E-state index contributed by atoms with van der Waals surface area (Å²) in [7, 11) is 1.15. The van der Waals surface area contributed by atoms with Crippen LogP contribution in [0.5, 0.6) is 5.75 Å². The van der Waals surface area contributed by atoms with Crippen molar-refractivity contribution in [1.82, 2.24) is 0 Å². The number of hydrogen-bond acceptors (Lipinski definition) is 4. The molecule has 0 spiro atoms. The number of alkyl halides is 3. The Morgan fingerprint density at radius 3 is 2.48 bits per heavy atom. The molecule has 0 saturated heterocycles. The lowest BCUT2D eigenvalue weighted by atomic mass is 9.99. The highest BCUT2D eigenvalue weighted by Gasteiger charge is 2.31. The third-order valence-electron chi connectivity index (χ3n) is 3.32. The molecule has 8 heteroatoms. The molecule has 4 nitrogen and oxygen atoms in total. The molecule has 2 aromatic rings. The Bertz CT molecular complexity index is 775. The summed E-state index contributed by atoms with van der Waals surface area (Å²) in [5, 5.41) is 0. The van der Waals surface area contributed by atoms with Gasteiger partial charge in [0.15, 0.2) is 0 Å². The monoisotopic (exact) mass is 357 g/mol. The minimum absolute atomic E-state index is 0.0174. The summed E-state index contributed by atoms with van der Waals surface area (Å²) >= 11 is 0. The summed E-state index contributed by atoms with van der Waals surface area (Å²) in [6.45, 7) is 0.310. The topological polar surface area (TPSA) is 61.5 Å². The van der Waals surface area contributed by atoms with E-state index in [2.05, 4.69) is 4.74 Å². The van der Waals surface area contributed by atoms with Crippen LogP contribution in [0.4, 0.5) is 17.6 Å². The molecule has 0 unspecified atom stereocenters. The number of benzene rings is 2. The molecule has 0 saturated carbocycles. The van der Waals surface area contributed by atoms with Crippen LogP contribution in [0.2, 0.25) is 0 Å². The van der Waals surface area contributed by atoms with E-state index in [1.165, 1.54) is 18.2 Å². The molecule has 0 bridgehead atoms. The standard InChI is InChI=1S/C17H15F4NO3/c1-24-16(23)11-6-10(7-13(8-11)25-5-4-22)14-9-12(17(19,20)21)2-3-15(14)18/h2-3,6-9H,4-5,22H2,1H3. The Labute approximate surface area is 141 Å². The Hall–Kier alpha value is -2.61. The van der Waals surface area contributed by atoms with Gasteiger partial charge in [0.05, 0.1) is 18.2 Å². The Kier molecular flexibility index (Phi) is 5.63. The maximum absolute atomic E-state index is 14.1. The number of rotatable bonds is 5. The fourth-order valence-electron chi connectivity index (χ4n) is 2.17. The molecule has 0 aliphatic carbocycles. The van der Waals surface area contributed by atoms with Crippen LogP contribution >= 0.6 is 0 Å². The summed E-state index contributed by atoms with van der Waals surface area (Å²) in [6.07, 6.45) is -4.62. The number of halogens is 4. The molecule has 0 aliphatic heterocycles. The molecular weight excluding hydrogens is 342 g/mol. The zero-order valence-corrected chi connectivity index (χ0v) is 13.2. The quantitative estimate of drug-likeness (QED) is 0.656. The minimum atomic E-state index is -4.62. The first-order chi connectivity index (χ1) is 11.8. The van der Waals surface area contributed by atoms with Crippen molar-refractivity contribution >= 4 is 5.97 Å². The molecule has 0 heterocycles. The molecule has 0 fully saturated rings. The molecular formula is C17H15F4NO3. The van der Waals surface area contributed by atoms with E-state index in [4.69, 9.17) is 10.5 Å². The van der Waals surface area contributed by atoms with Crippen LogP contribution in [-0.2, 0) is 10.9 Å². The van der Waals surface area contributed by atoms with Gasteiger partial charge in [-0.15, -0.1) is 0 Å². The van der Waals surface area contributed by atoms with Gasteiger partial charge in [-0.25, -0.2) is 9.18 Å².